The number of carbonyl (C=O) groups is 2. The molecule has 1 saturated heterocycles. The van der Waals surface area contributed by atoms with E-state index in [2.05, 4.69) is 50.0 Å². The van der Waals surface area contributed by atoms with Gasteiger partial charge in [-0.25, -0.2) is 0 Å². The number of fused-ring (bicyclic) bond motifs is 1. The molecule has 3 rings (SSSR count). The minimum atomic E-state index is -0.554. The number of aldehydes is 1. The van der Waals surface area contributed by atoms with Crippen LogP contribution in [0.5, 0.6) is 0 Å². The fourth-order valence-corrected chi connectivity index (χ4v) is 4.85. The Hall–Kier alpha value is -1.88. The number of rotatable bonds is 5. The summed E-state index contributed by atoms with van der Waals surface area (Å²) in [5.41, 5.74) is 10.5. The van der Waals surface area contributed by atoms with Crippen molar-refractivity contribution < 1.29 is 9.59 Å². The van der Waals surface area contributed by atoms with Gasteiger partial charge in [-0.1, -0.05) is 33.8 Å². The van der Waals surface area contributed by atoms with E-state index in [0.717, 1.165) is 50.9 Å². The van der Waals surface area contributed by atoms with Gasteiger partial charge in [0.2, 0.25) is 5.91 Å². The van der Waals surface area contributed by atoms with Gasteiger partial charge in [0.05, 0.1) is 5.92 Å². The molecule has 5 nitrogen and oxygen atoms in total. The van der Waals surface area contributed by atoms with Crippen LogP contribution < -0.4 is 16.0 Å². The zero-order valence-electron chi connectivity index (χ0n) is 17.1. The SMILES string of the molecule is CC1(C)CCC(C)(C)c2c(N3CCNCC3)ccc(C(CC=O)C(N)=O)c21. The lowest BCUT2D eigenvalue weighted by Crippen LogP contribution is -2.46. The monoisotopic (exact) mass is 371 g/mol. The van der Waals surface area contributed by atoms with Crippen LogP contribution in [0.4, 0.5) is 5.69 Å². The lowest BCUT2D eigenvalue weighted by Gasteiger charge is -2.46. The van der Waals surface area contributed by atoms with E-state index >= 15 is 0 Å². The maximum absolute atomic E-state index is 12.2. The van der Waals surface area contributed by atoms with Crippen molar-refractivity contribution in [1.29, 1.82) is 0 Å². The molecule has 1 amide bonds. The molecule has 1 fully saturated rings. The van der Waals surface area contributed by atoms with Crippen LogP contribution in [0.3, 0.4) is 0 Å². The third-order valence-corrected chi connectivity index (χ3v) is 6.45. The molecule has 1 aliphatic heterocycles. The second kappa shape index (κ2) is 7.27. The van der Waals surface area contributed by atoms with Crippen LogP contribution in [0.25, 0.3) is 0 Å². The smallest absolute Gasteiger partial charge is 0.225 e. The molecule has 0 aromatic heterocycles. The van der Waals surface area contributed by atoms with Crippen molar-refractivity contribution in [3.8, 4) is 0 Å². The third-order valence-electron chi connectivity index (χ3n) is 6.45. The van der Waals surface area contributed by atoms with Gasteiger partial charge in [0.1, 0.15) is 6.29 Å². The Morgan fingerprint density at radius 2 is 1.74 bits per heavy atom. The molecule has 1 heterocycles. The van der Waals surface area contributed by atoms with E-state index in [0.29, 0.717) is 0 Å². The zero-order chi connectivity index (χ0) is 19.8. The first-order valence-corrected chi connectivity index (χ1v) is 10.1. The summed E-state index contributed by atoms with van der Waals surface area (Å²) in [4.78, 5) is 25.9. The number of carbonyl (C=O) groups excluding carboxylic acids is 2. The Labute approximate surface area is 162 Å². The predicted molar refractivity (Wildman–Crippen MR) is 109 cm³/mol. The molecule has 1 unspecified atom stereocenters. The van der Waals surface area contributed by atoms with Crippen molar-refractivity contribution in [1.82, 2.24) is 5.32 Å². The molecule has 0 radical (unpaired) electrons. The molecule has 2 aliphatic rings. The topological polar surface area (TPSA) is 75.4 Å². The molecule has 0 saturated carbocycles. The minimum Gasteiger partial charge on any atom is -0.369 e. The van der Waals surface area contributed by atoms with Crippen LogP contribution in [0.15, 0.2) is 12.1 Å². The summed E-state index contributed by atoms with van der Waals surface area (Å²) in [6.07, 6.45) is 3.11. The zero-order valence-corrected chi connectivity index (χ0v) is 17.1. The van der Waals surface area contributed by atoms with E-state index in [1.807, 2.05) is 0 Å². The van der Waals surface area contributed by atoms with Gasteiger partial charge in [-0.3, -0.25) is 4.79 Å². The van der Waals surface area contributed by atoms with E-state index in [1.165, 1.54) is 16.8 Å². The summed E-state index contributed by atoms with van der Waals surface area (Å²) in [6.45, 7) is 13.0. The molecular formula is C22H33N3O2. The maximum Gasteiger partial charge on any atom is 0.225 e. The fraction of sp³-hybridized carbons (Fsp3) is 0.636. The first kappa shape index (κ1) is 19.9. The number of nitrogens with zero attached hydrogens (tertiary/aromatic N) is 1. The number of hydrogen-bond donors (Lipinski definition) is 2. The summed E-state index contributed by atoms with van der Waals surface area (Å²) in [5.74, 6) is -0.972. The Kier molecular flexibility index (Phi) is 5.35. The Morgan fingerprint density at radius 3 is 2.30 bits per heavy atom. The molecule has 1 atom stereocenters. The van der Waals surface area contributed by atoms with Gasteiger partial charge in [0.25, 0.3) is 0 Å². The lowest BCUT2D eigenvalue weighted by molar-refractivity contribution is -0.121. The molecule has 0 bridgehead atoms. The highest BCUT2D eigenvalue weighted by Crippen LogP contribution is 2.52. The van der Waals surface area contributed by atoms with Crippen molar-refractivity contribution >= 4 is 17.9 Å². The van der Waals surface area contributed by atoms with Crippen LogP contribution in [0.2, 0.25) is 0 Å². The molecule has 3 N–H and O–H groups in total. The fourth-order valence-electron chi connectivity index (χ4n) is 4.85. The van der Waals surface area contributed by atoms with Crippen LogP contribution in [-0.4, -0.2) is 38.4 Å². The largest absolute Gasteiger partial charge is 0.369 e. The van der Waals surface area contributed by atoms with Crippen LogP contribution in [-0.2, 0) is 20.4 Å². The molecule has 0 spiro atoms. The molecule has 1 aromatic carbocycles. The number of amides is 1. The third kappa shape index (κ3) is 3.62. The number of anilines is 1. The van der Waals surface area contributed by atoms with E-state index in [1.54, 1.807) is 0 Å². The van der Waals surface area contributed by atoms with E-state index in [9.17, 15) is 9.59 Å². The van der Waals surface area contributed by atoms with Gasteiger partial charge in [-0.05, 0) is 46.4 Å². The molecule has 1 aliphatic carbocycles. The molecule has 1 aromatic rings. The first-order chi connectivity index (χ1) is 12.7. The second-order valence-electron chi connectivity index (χ2n) is 9.29. The number of nitrogens with two attached hydrogens (primary N) is 1. The van der Waals surface area contributed by atoms with E-state index in [-0.39, 0.29) is 17.3 Å². The number of nitrogens with one attached hydrogen (secondary N) is 1. The summed E-state index contributed by atoms with van der Waals surface area (Å²) in [5, 5.41) is 3.42. The predicted octanol–water partition coefficient (Wildman–Crippen LogP) is 2.60. The van der Waals surface area contributed by atoms with Gasteiger partial charge >= 0.3 is 0 Å². The van der Waals surface area contributed by atoms with Gasteiger partial charge in [0.15, 0.2) is 0 Å². The summed E-state index contributed by atoms with van der Waals surface area (Å²) >= 11 is 0. The van der Waals surface area contributed by atoms with Crippen molar-refractivity contribution in [2.75, 3.05) is 31.1 Å². The summed E-state index contributed by atoms with van der Waals surface area (Å²) < 4.78 is 0. The minimum absolute atomic E-state index is 0.0183. The van der Waals surface area contributed by atoms with Gasteiger partial charge in [-0.15, -0.1) is 0 Å². The standard InChI is InChI=1S/C22H33N3O2/c1-21(2)8-9-22(3,4)19-17(25-12-10-24-11-13-25)6-5-15(18(19)21)16(7-14-26)20(23)27/h5-6,14,16,24H,7-13H2,1-4H3,(H2,23,27). The average molecular weight is 372 g/mol. The maximum atomic E-state index is 12.2. The molecular weight excluding hydrogens is 338 g/mol. The van der Waals surface area contributed by atoms with Crippen molar-refractivity contribution in [3.05, 3.63) is 28.8 Å². The van der Waals surface area contributed by atoms with Gasteiger partial charge < -0.3 is 20.7 Å². The summed E-state index contributed by atoms with van der Waals surface area (Å²) in [7, 11) is 0. The normalized spacial score (nSPS) is 22.0. The first-order valence-electron chi connectivity index (χ1n) is 10.1. The van der Waals surface area contributed by atoms with Gasteiger partial charge in [-0.2, -0.15) is 0 Å². The van der Waals surface area contributed by atoms with Crippen molar-refractivity contribution in [2.24, 2.45) is 5.73 Å². The molecule has 148 valence electrons. The van der Waals surface area contributed by atoms with E-state index < -0.39 is 11.8 Å². The van der Waals surface area contributed by atoms with Crippen LogP contribution in [0.1, 0.15) is 69.6 Å². The number of primary amides is 1. The highest BCUT2D eigenvalue weighted by Gasteiger charge is 2.42. The lowest BCUT2D eigenvalue weighted by atomic mass is 9.60. The van der Waals surface area contributed by atoms with Crippen LogP contribution in [0, 0.1) is 0 Å². The summed E-state index contributed by atoms with van der Waals surface area (Å²) in [6, 6.07) is 4.21. The number of piperazine rings is 1. The second-order valence-corrected chi connectivity index (χ2v) is 9.29. The Balaban J connectivity index is 2.26. The van der Waals surface area contributed by atoms with Crippen LogP contribution >= 0.6 is 0 Å². The highest BCUT2D eigenvalue weighted by molar-refractivity contribution is 5.86. The van der Waals surface area contributed by atoms with Crippen molar-refractivity contribution in [2.45, 2.75) is 63.7 Å². The Morgan fingerprint density at radius 1 is 1.15 bits per heavy atom. The molecule has 5 heteroatoms. The highest BCUT2D eigenvalue weighted by atomic mass is 16.1. The molecule has 27 heavy (non-hydrogen) atoms. The average Bonchev–Trinajstić information content (AvgIpc) is 2.63. The van der Waals surface area contributed by atoms with Crippen molar-refractivity contribution in [3.63, 3.8) is 0 Å². The Bertz CT molecular complexity index is 733. The van der Waals surface area contributed by atoms with E-state index in [4.69, 9.17) is 5.73 Å². The number of benzene rings is 1. The number of hydrogen-bond acceptors (Lipinski definition) is 4. The van der Waals surface area contributed by atoms with Gasteiger partial charge in [0, 0.05) is 38.3 Å². The quantitative estimate of drug-likeness (QED) is 0.780.